The summed E-state index contributed by atoms with van der Waals surface area (Å²) in [5.74, 6) is -0.652. The molecule has 0 aromatic heterocycles. The van der Waals surface area contributed by atoms with E-state index < -0.39 is 27.0 Å². The number of ether oxygens (including phenoxy) is 1. The van der Waals surface area contributed by atoms with Gasteiger partial charge in [-0.15, -0.1) is 0 Å². The highest BCUT2D eigenvalue weighted by Crippen LogP contribution is 2.34. The van der Waals surface area contributed by atoms with Gasteiger partial charge in [-0.2, -0.15) is 0 Å². The predicted octanol–water partition coefficient (Wildman–Crippen LogP) is 3.74. The third-order valence-electron chi connectivity index (χ3n) is 2.72. The van der Waals surface area contributed by atoms with Gasteiger partial charge in [0.1, 0.15) is 11.6 Å². The van der Waals surface area contributed by atoms with Crippen molar-refractivity contribution in [3.63, 3.8) is 0 Å². The Morgan fingerprint density at radius 2 is 1.76 bits per heavy atom. The number of hydrogen-bond acceptors (Lipinski definition) is 5. The third-order valence-corrected chi connectivity index (χ3v) is 2.72. The molecule has 0 amide bonds. The second kappa shape index (κ2) is 5.53. The number of rotatable bonds is 4. The lowest BCUT2D eigenvalue weighted by molar-refractivity contribution is -0.394. The average Bonchev–Trinajstić information content (AvgIpc) is 2.43. The normalized spacial score (nSPS) is 10.2. The molecule has 2 aromatic rings. The summed E-state index contributed by atoms with van der Waals surface area (Å²) >= 11 is 0. The predicted molar refractivity (Wildman–Crippen MR) is 71.0 cm³/mol. The molecule has 0 aliphatic heterocycles. The molecule has 0 unspecified atom stereocenters. The second-order valence-corrected chi connectivity index (χ2v) is 4.18. The van der Waals surface area contributed by atoms with E-state index in [0.29, 0.717) is 5.56 Å². The minimum atomic E-state index is -0.799. The van der Waals surface area contributed by atoms with E-state index in [1.165, 1.54) is 12.1 Å². The largest absolute Gasteiger partial charge is 0.450 e. The molecule has 2 rings (SSSR count). The summed E-state index contributed by atoms with van der Waals surface area (Å²) in [6.07, 6.45) is 0. The fraction of sp³-hybridized carbons (Fsp3) is 0.0769. The van der Waals surface area contributed by atoms with Crippen molar-refractivity contribution in [2.45, 2.75) is 6.92 Å². The van der Waals surface area contributed by atoms with Gasteiger partial charge in [-0.3, -0.25) is 20.2 Å². The molecule has 8 heteroatoms. The first-order chi connectivity index (χ1) is 9.88. The molecule has 0 atom stereocenters. The first-order valence-corrected chi connectivity index (χ1v) is 5.75. The summed E-state index contributed by atoms with van der Waals surface area (Å²) in [5.41, 5.74) is -0.588. The Morgan fingerprint density at radius 1 is 1.05 bits per heavy atom. The van der Waals surface area contributed by atoms with Crippen LogP contribution in [0.2, 0.25) is 0 Å². The summed E-state index contributed by atoms with van der Waals surface area (Å²) in [7, 11) is 0. The number of nitro benzene ring substituents is 2. The molecule has 0 N–H and O–H groups in total. The Labute approximate surface area is 117 Å². The van der Waals surface area contributed by atoms with Gasteiger partial charge in [0.05, 0.1) is 15.9 Å². The van der Waals surface area contributed by atoms with Crippen molar-refractivity contribution in [3.05, 3.63) is 68.0 Å². The fourth-order valence-electron chi connectivity index (χ4n) is 1.61. The highest BCUT2D eigenvalue weighted by atomic mass is 19.1. The van der Waals surface area contributed by atoms with Crippen molar-refractivity contribution < 1.29 is 19.0 Å². The molecule has 0 bridgehead atoms. The highest BCUT2D eigenvalue weighted by molar-refractivity contribution is 5.54. The van der Waals surface area contributed by atoms with Gasteiger partial charge in [0.15, 0.2) is 0 Å². The Kier molecular flexibility index (Phi) is 3.79. The fourth-order valence-corrected chi connectivity index (χ4v) is 1.61. The van der Waals surface area contributed by atoms with Crippen LogP contribution in [0.3, 0.4) is 0 Å². The van der Waals surface area contributed by atoms with E-state index in [-0.39, 0.29) is 11.5 Å². The number of nitrogens with zero attached hydrogens (tertiary/aromatic N) is 2. The van der Waals surface area contributed by atoms with E-state index in [4.69, 9.17) is 4.74 Å². The highest BCUT2D eigenvalue weighted by Gasteiger charge is 2.21. The van der Waals surface area contributed by atoms with Gasteiger partial charge in [0.25, 0.3) is 5.69 Å². The third kappa shape index (κ3) is 3.11. The number of aryl methyl sites for hydroxylation is 1. The standard InChI is InChI=1S/C13H9FN2O5/c1-8-2-4-10(7-11(8)14)21-13-5-3-9(15(17)18)6-12(13)16(19)20/h2-7H,1H3. The van der Waals surface area contributed by atoms with Gasteiger partial charge in [-0.25, -0.2) is 4.39 Å². The smallest absolute Gasteiger partial charge is 0.318 e. The second-order valence-electron chi connectivity index (χ2n) is 4.18. The number of benzene rings is 2. The maximum atomic E-state index is 13.4. The number of hydrogen-bond donors (Lipinski definition) is 0. The Hall–Kier alpha value is -3.03. The van der Waals surface area contributed by atoms with E-state index in [1.807, 2.05) is 0 Å². The zero-order chi connectivity index (χ0) is 15.6. The minimum absolute atomic E-state index is 0.0649. The SMILES string of the molecule is Cc1ccc(Oc2ccc([N+](=O)[O-])cc2[N+](=O)[O-])cc1F. The van der Waals surface area contributed by atoms with Crippen LogP contribution in [0.15, 0.2) is 36.4 Å². The number of nitro groups is 2. The summed E-state index contributed by atoms with van der Waals surface area (Å²) in [6, 6.07) is 6.96. The van der Waals surface area contributed by atoms with Crippen molar-refractivity contribution in [2.24, 2.45) is 0 Å². The van der Waals surface area contributed by atoms with Crippen molar-refractivity contribution >= 4 is 11.4 Å². The molecule has 0 saturated heterocycles. The van der Waals surface area contributed by atoms with Crippen molar-refractivity contribution in [1.82, 2.24) is 0 Å². The van der Waals surface area contributed by atoms with Crippen molar-refractivity contribution in [1.29, 1.82) is 0 Å². The molecule has 0 heterocycles. The van der Waals surface area contributed by atoms with Crippen molar-refractivity contribution in [3.8, 4) is 11.5 Å². The molecule has 21 heavy (non-hydrogen) atoms. The molecular formula is C13H9FN2O5. The van der Waals surface area contributed by atoms with Gasteiger partial charge in [0.2, 0.25) is 5.75 Å². The van der Waals surface area contributed by atoms with Crippen LogP contribution in [-0.2, 0) is 0 Å². The molecule has 0 fully saturated rings. The molecule has 0 spiro atoms. The van der Waals surface area contributed by atoms with Crippen LogP contribution in [0.5, 0.6) is 11.5 Å². The van der Waals surface area contributed by atoms with Crippen LogP contribution in [0.25, 0.3) is 0 Å². The zero-order valence-electron chi connectivity index (χ0n) is 10.8. The first-order valence-electron chi connectivity index (χ1n) is 5.75. The monoisotopic (exact) mass is 292 g/mol. The Morgan fingerprint density at radius 3 is 2.33 bits per heavy atom. The van der Waals surface area contributed by atoms with Crippen LogP contribution in [0, 0.1) is 33.0 Å². The molecule has 0 aliphatic rings. The van der Waals surface area contributed by atoms with Crippen LogP contribution >= 0.6 is 0 Å². The molecule has 2 aromatic carbocycles. The summed E-state index contributed by atoms with van der Waals surface area (Å²) in [4.78, 5) is 20.0. The van der Waals surface area contributed by atoms with E-state index in [9.17, 15) is 24.6 Å². The maximum Gasteiger partial charge on any atom is 0.318 e. The molecule has 108 valence electrons. The van der Waals surface area contributed by atoms with Gasteiger partial charge >= 0.3 is 5.69 Å². The van der Waals surface area contributed by atoms with Gasteiger partial charge < -0.3 is 4.74 Å². The Bertz CT molecular complexity index is 732. The van der Waals surface area contributed by atoms with Gasteiger partial charge in [-0.05, 0) is 24.6 Å². The minimum Gasteiger partial charge on any atom is -0.450 e. The molecule has 0 saturated carbocycles. The first kappa shape index (κ1) is 14.4. The van der Waals surface area contributed by atoms with E-state index in [0.717, 1.165) is 24.3 Å². The van der Waals surface area contributed by atoms with Crippen LogP contribution < -0.4 is 4.74 Å². The zero-order valence-corrected chi connectivity index (χ0v) is 10.8. The Balaban J connectivity index is 2.41. The quantitative estimate of drug-likeness (QED) is 0.631. The van der Waals surface area contributed by atoms with E-state index >= 15 is 0 Å². The van der Waals surface area contributed by atoms with Crippen LogP contribution in [-0.4, -0.2) is 9.85 Å². The van der Waals surface area contributed by atoms with Gasteiger partial charge in [0, 0.05) is 12.1 Å². The summed E-state index contributed by atoms with van der Waals surface area (Å²) < 4.78 is 18.6. The van der Waals surface area contributed by atoms with Crippen LogP contribution in [0.1, 0.15) is 5.56 Å². The van der Waals surface area contributed by atoms with E-state index in [1.54, 1.807) is 6.92 Å². The lowest BCUT2D eigenvalue weighted by Crippen LogP contribution is -1.96. The van der Waals surface area contributed by atoms with Crippen LogP contribution in [0.4, 0.5) is 15.8 Å². The van der Waals surface area contributed by atoms with Gasteiger partial charge in [-0.1, -0.05) is 6.07 Å². The lowest BCUT2D eigenvalue weighted by Gasteiger charge is -2.07. The maximum absolute atomic E-state index is 13.4. The summed E-state index contributed by atoms with van der Waals surface area (Å²) in [5, 5.41) is 21.6. The number of non-ortho nitro benzene ring substituents is 1. The molecule has 7 nitrogen and oxygen atoms in total. The topological polar surface area (TPSA) is 95.5 Å². The number of halogens is 1. The van der Waals surface area contributed by atoms with Crippen molar-refractivity contribution in [2.75, 3.05) is 0 Å². The summed E-state index contributed by atoms with van der Waals surface area (Å²) in [6.45, 7) is 1.56. The average molecular weight is 292 g/mol. The molecule has 0 radical (unpaired) electrons. The molecular weight excluding hydrogens is 283 g/mol. The lowest BCUT2D eigenvalue weighted by atomic mass is 10.2. The molecule has 0 aliphatic carbocycles. The van der Waals surface area contributed by atoms with E-state index in [2.05, 4.69) is 0 Å².